The van der Waals surface area contributed by atoms with Crippen LogP contribution in [0.4, 0.5) is 13.2 Å². The molecule has 130 valence electrons. The average molecular weight is 382 g/mol. The molecule has 0 spiro atoms. The van der Waals surface area contributed by atoms with Crippen LogP contribution in [0.15, 0.2) is 24.4 Å². The predicted octanol–water partition coefficient (Wildman–Crippen LogP) is 2.76. The Balaban J connectivity index is 2.74. The van der Waals surface area contributed by atoms with E-state index in [1.54, 1.807) is 17.7 Å². The summed E-state index contributed by atoms with van der Waals surface area (Å²) >= 11 is 5.87. The number of imidazole rings is 1. The van der Waals surface area contributed by atoms with Gasteiger partial charge in [-0.2, -0.15) is 21.6 Å². The number of hydrogen-bond donors (Lipinski definition) is 1. The van der Waals surface area contributed by atoms with Gasteiger partial charge < -0.3 is 0 Å². The van der Waals surface area contributed by atoms with Gasteiger partial charge in [0.05, 0.1) is 6.20 Å². The van der Waals surface area contributed by atoms with Crippen molar-refractivity contribution in [2.45, 2.75) is 20.0 Å². The van der Waals surface area contributed by atoms with Crippen molar-refractivity contribution in [3.05, 3.63) is 40.7 Å². The van der Waals surface area contributed by atoms with Crippen molar-refractivity contribution in [3.63, 3.8) is 0 Å². The molecule has 0 unspecified atom stereocenters. The molecule has 0 aliphatic carbocycles. The topological polar surface area (TPSA) is 81.1 Å². The average Bonchev–Trinajstić information content (AvgIpc) is 2.81. The quantitative estimate of drug-likeness (QED) is 0.886. The van der Waals surface area contributed by atoms with Crippen LogP contribution in [0.3, 0.4) is 0 Å². The predicted molar refractivity (Wildman–Crippen MR) is 80.5 cm³/mol. The number of hydrogen-bond acceptors (Lipinski definition) is 4. The summed E-state index contributed by atoms with van der Waals surface area (Å²) in [5, 5.41) is 0.199. The summed E-state index contributed by atoms with van der Waals surface area (Å²) in [6, 6.07) is 4.25. The third-order valence-corrected chi connectivity index (χ3v) is 4.36. The molecule has 1 aromatic heterocycles. The van der Waals surface area contributed by atoms with Gasteiger partial charge in [-0.25, -0.2) is 13.7 Å². The second-order valence-corrected chi connectivity index (χ2v) is 6.91. The van der Waals surface area contributed by atoms with Crippen LogP contribution >= 0.6 is 11.6 Å². The van der Waals surface area contributed by atoms with E-state index in [0.717, 1.165) is 6.92 Å². The lowest BCUT2D eigenvalue weighted by Crippen LogP contribution is -2.33. The Morgan fingerprint density at radius 2 is 1.92 bits per heavy atom. The maximum Gasteiger partial charge on any atom is 0.434 e. The van der Waals surface area contributed by atoms with Crippen LogP contribution in [0.5, 0.6) is 0 Å². The minimum atomic E-state index is -4.86. The summed E-state index contributed by atoms with van der Waals surface area (Å²) in [6.07, 6.45) is -4.56. The summed E-state index contributed by atoms with van der Waals surface area (Å²) in [5.74, 6) is -1.47. The van der Waals surface area contributed by atoms with Crippen molar-refractivity contribution in [1.82, 2.24) is 13.7 Å². The lowest BCUT2D eigenvalue weighted by atomic mass is 10.1. The third kappa shape index (κ3) is 3.88. The number of aromatic nitrogens is 2. The van der Waals surface area contributed by atoms with E-state index in [2.05, 4.69) is 4.98 Å². The molecule has 2 rings (SSSR count). The molecule has 0 aliphatic heterocycles. The van der Waals surface area contributed by atoms with Crippen molar-refractivity contribution in [2.24, 2.45) is 0 Å². The van der Waals surface area contributed by atoms with E-state index in [1.165, 1.54) is 12.1 Å². The number of carbonyl (C=O) groups is 1. The van der Waals surface area contributed by atoms with Crippen LogP contribution in [0.2, 0.25) is 5.02 Å². The van der Waals surface area contributed by atoms with Crippen LogP contribution in [-0.2, 0) is 21.2 Å². The molecule has 2 aromatic rings. The van der Waals surface area contributed by atoms with Gasteiger partial charge in [-0.05, 0) is 30.7 Å². The Kier molecular flexibility index (Phi) is 4.64. The normalized spacial score (nSPS) is 12.2. The second kappa shape index (κ2) is 6.10. The largest absolute Gasteiger partial charge is 0.434 e. The molecule has 0 atom stereocenters. The van der Waals surface area contributed by atoms with Gasteiger partial charge in [0.15, 0.2) is 11.5 Å². The summed E-state index contributed by atoms with van der Waals surface area (Å²) in [5.41, 5.74) is -0.758. The maximum atomic E-state index is 12.9. The molecule has 0 saturated heterocycles. The molecular formula is C13H11ClF3N3O3S. The minimum Gasteiger partial charge on any atom is -0.274 e. The molecule has 1 N–H and O–H groups in total. The molecule has 11 heteroatoms. The Morgan fingerprint density at radius 1 is 1.29 bits per heavy atom. The van der Waals surface area contributed by atoms with E-state index in [4.69, 9.17) is 11.6 Å². The van der Waals surface area contributed by atoms with Gasteiger partial charge in [0, 0.05) is 17.5 Å². The maximum absolute atomic E-state index is 12.9. The summed E-state index contributed by atoms with van der Waals surface area (Å²) in [7, 11) is -4.59. The zero-order valence-corrected chi connectivity index (χ0v) is 13.9. The molecule has 6 nitrogen and oxygen atoms in total. The number of benzene rings is 1. The van der Waals surface area contributed by atoms with Crippen LogP contribution in [0.1, 0.15) is 18.2 Å². The van der Waals surface area contributed by atoms with Gasteiger partial charge in [-0.1, -0.05) is 11.6 Å². The lowest BCUT2D eigenvalue weighted by molar-refractivity contribution is -0.140. The monoisotopic (exact) mass is 381 g/mol. The number of aryl methyl sites for hydroxylation is 1. The van der Waals surface area contributed by atoms with Gasteiger partial charge in [0.25, 0.3) is 0 Å². The highest BCUT2D eigenvalue weighted by Gasteiger charge is 2.37. The van der Waals surface area contributed by atoms with Crippen molar-refractivity contribution >= 4 is 27.7 Å². The fourth-order valence-corrected chi connectivity index (χ4v) is 3.34. The highest BCUT2D eigenvalue weighted by atomic mass is 35.5. The molecule has 1 heterocycles. The highest BCUT2D eigenvalue weighted by molar-refractivity contribution is 7.88. The molecule has 1 amide bonds. The van der Waals surface area contributed by atoms with Gasteiger partial charge in [0.1, 0.15) is 0 Å². The number of nitrogens with zero attached hydrogens (tertiary/aromatic N) is 2. The van der Waals surface area contributed by atoms with Crippen molar-refractivity contribution in [2.75, 3.05) is 0 Å². The molecular weight excluding hydrogens is 371 g/mol. The second-order valence-electron chi connectivity index (χ2n) is 4.92. The first-order valence-corrected chi connectivity index (χ1v) is 8.20. The van der Waals surface area contributed by atoms with Crippen LogP contribution in [0.25, 0.3) is 11.4 Å². The SMILES string of the molecule is CC(=O)NS(=O)(=O)n1cc(C(F)(F)F)nc1-c1cc(C)cc(Cl)c1. The van der Waals surface area contributed by atoms with E-state index < -0.39 is 33.8 Å². The number of amides is 1. The third-order valence-electron chi connectivity index (χ3n) is 2.80. The van der Waals surface area contributed by atoms with Gasteiger partial charge >= 0.3 is 16.4 Å². The Labute approximate surface area is 140 Å². The fraction of sp³-hybridized carbons (Fsp3) is 0.231. The molecule has 1 aromatic carbocycles. The molecule has 0 saturated carbocycles. The van der Waals surface area contributed by atoms with Crippen LogP contribution in [0, 0.1) is 6.92 Å². The number of nitrogens with one attached hydrogen (secondary N) is 1. The Hall–Kier alpha value is -2.07. The first kappa shape index (κ1) is 18.3. The molecule has 0 bridgehead atoms. The van der Waals surface area contributed by atoms with Gasteiger partial charge in [0.2, 0.25) is 5.91 Å². The first-order chi connectivity index (χ1) is 10.9. The summed E-state index contributed by atoms with van der Waals surface area (Å²) in [6.45, 7) is 2.55. The smallest absolute Gasteiger partial charge is 0.274 e. The number of alkyl halides is 3. The summed E-state index contributed by atoms with van der Waals surface area (Å²) in [4.78, 5) is 14.4. The Bertz CT molecular complexity index is 887. The fourth-order valence-electron chi connectivity index (χ4n) is 1.97. The molecule has 0 fully saturated rings. The van der Waals surface area contributed by atoms with Gasteiger partial charge in [-0.3, -0.25) is 4.79 Å². The Morgan fingerprint density at radius 3 is 2.42 bits per heavy atom. The van der Waals surface area contributed by atoms with Crippen LogP contribution < -0.4 is 4.72 Å². The highest BCUT2D eigenvalue weighted by Crippen LogP contribution is 2.32. The first-order valence-electron chi connectivity index (χ1n) is 6.38. The molecule has 0 aliphatic rings. The van der Waals surface area contributed by atoms with Gasteiger partial charge in [-0.15, -0.1) is 0 Å². The lowest BCUT2D eigenvalue weighted by Gasteiger charge is -2.09. The zero-order valence-electron chi connectivity index (χ0n) is 12.3. The van der Waals surface area contributed by atoms with E-state index in [1.807, 2.05) is 0 Å². The molecule has 24 heavy (non-hydrogen) atoms. The van der Waals surface area contributed by atoms with E-state index >= 15 is 0 Å². The van der Waals surface area contributed by atoms with E-state index in [-0.39, 0.29) is 14.6 Å². The van der Waals surface area contributed by atoms with Crippen molar-refractivity contribution in [3.8, 4) is 11.4 Å². The minimum absolute atomic E-state index is 0.0597. The van der Waals surface area contributed by atoms with Crippen molar-refractivity contribution in [1.29, 1.82) is 0 Å². The number of halogens is 4. The molecule has 0 radical (unpaired) electrons. The van der Waals surface area contributed by atoms with Crippen molar-refractivity contribution < 1.29 is 26.4 Å². The van der Waals surface area contributed by atoms with E-state index in [9.17, 15) is 26.4 Å². The summed E-state index contributed by atoms with van der Waals surface area (Å²) < 4.78 is 64.9. The standard InChI is InChI=1S/C13H11ClF3N3O3S/c1-7-3-9(5-10(14)4-7)12-18-11(13(15,16)17)6-20(12)24(22,23)19-8(2)21/h3-6H,1-2H3,(H,19,21). The number of rotatable bonds is 3. The van der Waals surface area contributed by atoms with Crippen LogP contribution in [-0.4, -0.2) is 23.3 Å². The number of carbonyl (C=O) groups excluding carboxylic acids is 1. The van der Waals surface area contributed by atoms with E-state index in [0.29, 0.717) is 11.8 Å². The zero-order chi connectivity index (χ0) is 18.3.